The van der Waals surface area contributed by atoms with Crippen molar-refractivity contribution in [3.05, 3.63) is 41.3 Å². The van der Waals surface area contributed by atoms with Crippen LogP contribution in [0.15, 0.2) is 30.6 Å². The van der Waals surface area contributed by atoms with E-state index in [4.69, 9.17) is 16.3 Å². The molecule has 1 aliphatic rings. The van der Waals surface area contributed by atoms with Crippen LogP contribution in [-0.4, -0.2) is 44.2 Å². The normalized spacial score (nSPS) is 15.5. The number of anilines is 1. The van der Waals surface area contributed by atoms with Crippen molar-refractivity contribution in [3.8, 4) is 10.4 Å². The largest absolute Gasteiger partial charge is 0.464 e. The van der Waals surface area contributed by atoms with Crippen LogP contribution in [0.1, 0.15) is 42.6 Å². The lowest BCUT2D eigenvalue weighted by Gasteiger charge is -2.34. The molecule has 0 aliphatic heterocycles. The number of ether oxygens (including phenoxy) is 1. The van der Waals surface area contributed by atoms with Crippen LogP contribution in [0.5, 0.6) is 0 Å². The molecule has 1 aromatic carbocycles. The first-order chi connectivity index (χ1) is 14.5. The molecule has 9 nitrogen and oxygen atoms in total. The van der Waals surface area contributed by atoms with E-state index in [1.165, 1.54) is 29.5 Å². The fourth-order valence-corrected chi connectivity index (χ4v) is 4.98. The van der Waals surface area contributed by atoms with Gasteiger partial charge in [0.2, 0.25) is 0 Å². The quantitative estimate of drug-likeness (QED) is 0.596. The van der Waals surface area contributed by atoms with Gasteiger partial charge >= 0.3 is 5.97 Å². The number of amides is 1. The van der Waals surface area contributed by atoms with Crippen LogP contribution >= 0.6 is 22.9 Å². The number of carbonyl (C=O) groups excluding carboxylic acids is 2. The first-order valence-electron chi connectivity index (χ1n) is 9.44. The summed E-state index contributed by atoms with van der Waals surface area (Å²) >= 11 is 7.49. The van der Waals surface area contributed by atoms with E-state index in [-0.39, 0.29) is 16.7 Å². The van der Waals surface area contributed by atoms with Crippen molar-refractivity contribution in [1.29, 1.82) is 0 Å². The van der Waals surface area contributed by atoms with Gasteiger partial charge in [-0.05, 0) is 29.3 Å². The Morgan fingerprint density at radius 3 is 2.67 bits per heavy atom. The molecule has 30 heavy (non-hydrogen) atoms. The second-order valence-electron chi connectivity index (χ2n) is 6.97. The summed E-state index contributed by atoms with van der Waals surface area (Å²) in [4.78, 5) is 30.5. The summed E-state index contributed by atoms with van der Waals surface area (Å²) in [7, 11) is 1.28. The summed E-state index contributed by atoms with van der Waals surface area (Å²) in [5.41, 5.74) is -0.139. The Balaban J connectivity index is 1.70. The van der Waals surface area contributed by atoms with E-state index in [0.717, 1.165) is 19.3 Å². The third-order valence-corrected chi connectivity index (χ3v) is 6.57. The van der Waals surface area contributed by atoms with Crippen molar-refractivity contribution < 1.29 is 14.3 Å². The summed E-state index contributed by atoms with van der Waals surface area (Å²) in [5.74, 6) is -0.861. The predicted octanol–water partition coefficient (Wildman–Crippen LogP) is 3.53. The molecule has 0 bridgehead atoms. The fourth-order valence-electron chi connectivity index (χ4n) is 3.70. The number of nitrogens with one attached hydrogen (secondary N) is 1. The highest BCUT2D eigenvalue weighted by atomic mass is 35.5. The zero-order valence-corrected chi connectivity index (χ0v) is 17.7. The number of nitrogens with zero attached hydrogens (tertiary/aromatic N) is 5. The number of thiazole rings is 1. The van der Waals surface area contributed by atoms with Crippen LogP contribution < -0.4 is 5.32 Å². The molecular formula is C19H19ClN6O3S. The van der Waals surface area contributed by atoms with Crippen molar-refractivity contribution in [2.45, 2.75) is 37.6 Å². The number of rotatable bonds is 5. The van der Waals surface area contributed by atoms with Gasteiger partial charge in [0.05, 0.1) is 12.0 Å². The molecule has 156 valence electrons. The molecule has 0 unspecified atom stereocenters. The van der Waals surface area contributed by atoms with Crippen LogP contribution in [0, 0.1) is 0 Å². The topological polar surface area (TPSA) is 112 Å². The first-order valence-corrected chi connectivity index (χ1v) is 10.6. The number of halogens is 1. The number of methoxy groups -OCH3 is 1. The van der Waals surface area contributed by atoms with Gasteiger partial charge in [-0.2, -0.15) is 0 Å². The molecule has 3 aromatic rings. The van der Waals surface area contributed by atoms with Gasteiger partial charge in [0, 0.05) is 10.6 Å². The maximum Gasteiger partial charge on any atom is 0.358 e. The minimum absolute atomic E-state index is 0.103. The van der Waals surface area contributed by atoms with Crippen LogP contribution in [-0.2, 0) is 15.1 Å². The Bertz CT molecular complexity index is 1060. The van der Waals surface area contributed by atoms with E-state index in [9.17, 15) is 9.59 Å². The van der Waals surface area contributed by atoms with Crippen molar-refractivity contribution in [2.24, 2.45) is 0 Å². The van der Waals surface area contributed by atoms with Gasteiger partial charge in [0.25, 0.3) is 5.91 Å². The van der Waals surface area contributed by atoms with E-state index in [1.54, 1.807) is 18.2 Å². The Morgan fingerprint density at radius 2 is 2.00 bits per heavy atom. The molecule has 1 amide bonds. The summed E-state index contributed by atoms with van der Waals surface area (Å²) in [6.45, 7) is 0. The monoisotopic (exact) mass is 446 g/mol. The molecule has 1 N–H and O–H groups in total. The Hall–Kier alpha value is -2.85. The lowest BCUT2D eigenvalue weighted by Crippen LogP contribution is -2.47. The van der Waals surface area contributed by atoms with E-state index < -0.39 is 11.5 Å². The molecule has 2 aromatic heterocycles. The maximum absolute atomic E-state index is 13.3. The molecular weight excluding hydrogens is 428 g/mol. The molecule has 0 saturated heterocycles. The van der Waals surface area contributed by atoms with Gasteiger partial charge in [-0.25, -0.2) is 14.5 Å². The number of esters is 1. The lowest BCUT2D eigenvalue weighted by atomic mass is 9.81. The zero-order chi connectivity index (χ0) is 21.1. The second-order valence-corrected chi connectivity index (χ2v) is 8.38. The van der Waals surface area contributed by atoms with E-state index in [0.29, 0.717) is 28.3 Å². The molecule has 1 fully saturated rings. The number of aromatic nitrogens is 5. The predicted molar refractivity (Wildman–Crippen MR) is 111 cm³/mol. The van der Waals surface area contributed by atoms with Crippen molar-refractivity contribution >= 4 is 39.9 Å². The van der Waals surface area contributed by atoms with Crippen LogP contribution in [0.2, 0.25) is 5.02 Å². The van der Waals surface area contributed by atoms with Crippen LogP contribution in [0.4, 0.5) is 5.13 Å². The number of benzene rings is 1. The summed E-state index contributed by atoms with van der Waals surface area (Å²) < 4.78 is 6.39. The van der Waals surface area contributed by atoms with Crippen molar-refractivity contribution in [1.82, 2.24) is 25.2 Å². The highest BCUT2D eigenvalue weighted by Crippen LogP contribution is 2.39. The maximum atomic E-state index is 13.3. The third kappa shape index (κ3) is 3.68. The molecule has 0 radical (unpaired) electrons. The van der Waals surface area contributed by atoms with Gasteiger partial charge in [-0.1, -0.05) is 60.4 Å². The van der Waals surface area contributed by atoms with Gasteiger partial charge in [-0.15, -0.1) is 5.10 Å². The molecule has 1 saturated carbocycles. The highest BCUT2D eigenvalue weighted by Gasteiger charge is 2.43. The van der Waals surface area contributed by atoms with Gasteiger partial charge < -0.3 is 4.74 Å². The number of tetrazole rings is 1. The highest BCUT2D eigenvalue weighted by molar-refractivity contribution is 7.19. The van der Waals surface area contributed by atoms with Crippen molar-refractivity contribution in [3.63, 3.8) is 0 Å². The summed E-state index contributed by atoms with van der Waals surface area (Å²) in [6.07, 6.45) is 5.54. The smallest absolute Gasteiger partial charge is 0.358 e. The first kappa shape index (κ1) is 20.4. The third-order valence-electron chi connectivity index (χ3n) is 5.24. The second kappa shape index (κ2) is 8.49. The molecule has 1 aliphatic carbocycles. The molecule has 0 atom stereocenters. The van der Waals surface area contributed by atoms with E-state index in [1.807, 2.05) is 6.07 Å². The number of hydrogen-bond acceptors (Lipinski definition) is 8. The molecule has 2 heterocycles. The lowest BCUT2D eigenvalue weighted by molar-refractivity contribution is -0.126. The van der Waals surface area contributed by atoms with Gasteiger partial charge in [0.1, 0.15) is 11.9 Å². The number of hydrogen-bond donors (Lipinski definition) is 1. The van der Waals surface area contributed by atoms with E-state index >= 15 is 0 Å². The standard InChI is InChI=1S/C19H19ClN6O3S/c1-29-16(27)14-15(12-7-3-4-8-13(12)20)30-18(22-14)23-17(28)19(9-5-2-6-10-19)26-11-21-24-25-26/h3-4,7-8,11H,2,5-6,9-10H2,1H3,(H,22,23,28). The van der Waals surface area contributed by atoms with Gasteiger partial charge in [0.15, 0.2) is 10.8 Å². The molecule has 0 spiro atoms. The zero-order valence-electron chi connectivity index (χ0n) is 16.2. The van der Waals surface area contributed by atoms with Crippen LogP contribution in [0.25, 0.3) is 10.4 Å². The van der Waals surface area contributed by atoms with E-state index in [2.05, 4.69) is 25.8 Å². The Kier molecular flexibility index (Phi) is 5.78. The minimum Gasteiger partial charge on any atom is -0.464 e. The molecule has 4 rings (SSSR count). The van der Waals surface area contributed by atoms with Gasteiger partial charge in [-0.3, -0.25) is 10.1 Å². The minimum atomic E-state index is -0.886. The van der Waals surface area contributed by atoms with Crippen LogP contribution in [0.3, 0.4) is 0 Å². The average Bonchev–Trinajstić information content (AvgIpc) is 3.45. The Morgan fingerprint density at radius 1 is 1.23 bits per heavy atom. The number of carbonyl (C=O) groups is 2. The Labute approximate surface area is 181 Å². The summed E-state index contributed by atoms with van der Waals surface area (Å²) in [6, 6.07) is 7.13. The summed E-state index contributed by atoms with van der Waals surface area (Å²) in [5, 5.41) is 15.0. The SMILES string of the molecule is COC(=O)c1nc(NC(=O)C2(n3cnnn3)CCCCC2)sc1-c1ccccc1Cl. The average molecular weight is 447 g/mol. The fraction of sp³-hybridized carbons (Fsp3) is 0.368. The van der Waals surface area contributed by atoms with Crippen molar-refractivity contribution in [2.75, 3.05) is 12.4 Å². The molecule has 11 heteroatoms.